The first kappa shape index (κ1) is 13.5. The maximum absolute atomic E-state index is 11.0. The minimum absolute atomic E-state index is 0.528. The van der Waals surface area contributed by atoms with Gasteiger partial charge in [-0.2, -0.15) is 8.42 Å². The van der Waals surface area contributed by atoms with E-state index < -0.39 is 21.6 Å². The predicted molar refractivity (Wildman–Crippen MR) is 67.4 cm³/mol. The summed E-state index contributed by atoms with van der Waals surface area (Å²) in [5, 5.41) is 9.65. The van der Waals surface area contributed by atoms with Crippen LogP contribution in [0.2, 0.25) is 0 Å². The van der Waals surface area contributed by atoms with E-state index in [0.29, 0.717) is 13.0 Å². The first-order chi connectivity index (χ1) is 8.48. The second-order valence-electron chi connectivity index (χ2n) is 4.57. The SMILES string of the molecule is O=S(=O)(O)C(O)[C@@H]1CCCN1Cc1ccccc1. The highest BCUT2D eigenvalue weighted by Crippen LogP contribution is 2.24. The zero-order chi connectivity index (χ0) is 13.2. The Morgan fingerprint density at radius 1 is 1.33 bits per heavy atom. The summed E-state index contributed by atoms with van der Waals surface area (Å²) in [6.45, 7) is 1.31. The second kappa shape index (κ2) is 5.36. The second-order valence-corrected chi connectivity index (χ2v) is 6.08. The highest BCUT2D eigenvalue weighted by atomic mass is 32.2. The van der Waals surface area contributed by atoms with E-state index in [1.807, 2.05) is 35.2 Å². The van der Waals surface area contributed by atoms with Gasteiger partial charge in [-0.3, -0.25) is 9.45 Å². The third-order valence-corrected chi connectivity index (χ3v) is 4.20. The monoisotopic (exact) mass is 271 g/mol. The molecule has 1 fully saturated rings. The van der Waals surface area contributed by atoms with Gasteiger partial charge >= 0.3 is 0 Å². The molecule has 5 nitrogen and oxygen atoms in total. The number of benzene rings is 1. The lowest BCUT2D eigenvalue weighted by Crippen LogP contribution is -2.42. The summed E-state index contributed by atoms with van der Waals surface area (Å²) in [5.74, 6) is 0. The lowest BCUT2D eigenvalue weighted by molar-refractivity contribution is 0.116. The lowest BCUT2D eigenvalue weighted by Gasteiger charge is -2.26. The number of hydrogen-bond acceptors (Lipinski definition) is 4. The normalized spacial score (nSPS) is 23.1. The van der Waals surface area contributed by atoms with Crippen molar-refractivity contribution in [1.29, 1.82) is 0 Å². The van der Waals surface area contributed by atoms with Gasteiger partial charge in [-0.15, -0.1) is 0 Å². The fourth-order valence-corrected chi connectivity index (χ4v) is 3.09. The molecule has 0 aromatic heterocycles. The molecule has 100 valence electrons. The van der Waals surface area contributed by atoms with Gasteiger partial charge in [0.15, 0.2) is 5.44 Å². The van der Waals surface area contributed by atoms with Crippen LogP contribution in [-0.4, -0.2) is 41.0 Å². The smallest absolute Gasteiger partial charge is 0.293 e. The van der Waals surface area contributed by atoms with E-state index in [-0.39, 0.29) is 0 Å². The molecule has 0 aliphatic carbocycles. The van der Waals surface area contributed by atoms with Crippen LogP contribution in [-0.2, 0) is 16.7 Å². The number of aliphatic hydroxyl groups excluding tert-OH is 1. The Kier molecular flexibility index (Phi) is 4.01. The predicted octanol–water partition coefficient (Wildman–Crippen LogP) is 0.857. The Morgan fingerprint density at radius 2 is 2.00 bits per heavy atom. The maximum Gasteiger partial charge on any atom is 0.293 e. The highest BCUT2D eigenvalue weighted by molar-refractivity contribution is 7.86. The van der Waals surface area contributed by atoms with Crippen LogP contribution in [0.25, 0.3) is 0 Å². The molecule has 2 rings (SSSR count). The molecule has 1 unspecified atom stereocenters. The van der Waals surface area contributed by atoms with Gasteiger partial charge in [0.1, 0.15) is 0 Å². The molecule has 1 heterocycles. The van der Waals surface area contributed by atoms with E-state index in [4.69, 9.17) is 4.55 Å². The minimum atomic E-state index is -4.40. The quantitative estimate of drug-likeness (QED) is 0.794. The number of likely N-dealkylation sites (tertiary alicyclic amines) is 1. The number of hydrogen-bond donors (Lipinski definition) is 2. The molecule has 0 amide bonds. The van der Waals surface area contributed by atoms with Crippen LogP contribution in [0, 0.1) is 0 Å². The Morgan fingerprint density at radius 3 is 2.61 bits per heavy atom. The summed E-state index contributed by atoms with van der Waals surface area (Å²) in [7, 11) is -4.40. The number of rotatable bonds is 4. The molecule has 18 heavy (non-hydrogen) atoms. The van der Waals surface area contributed by atoms with Gasteiger partial charge in [-0.1, -0.05) is 30.3 Å². The molecule has 0 spiro atoms. The first-order valence-electron chi connectivity index (χ1n) is 5.91. The van der Waals surface area contributed by atoms with E-state index in [2.05, 4.69) is 0 Å². The zero-order valence-corrected chi connectivity index (χ0v) is 10.8. The van der Waals surface area contributed by atoms with Gasteiger partial charge in [0.25, 0.3) is 10.1 Å². The molecular weight excluding hydrogens is 254 g/mol. The molecule has 0 bridgehead atoms. The molecule has 2 N–H and O–H groups in total. The van der Waals surface area contributed by atoms with Crippen molar-refractivity contribution in [3.8, 4) is 0 Å². The fraction of sp³-hybridized carbons (Fsp3) is 0.500. The Hall–Kier alpha value is -0.950. The Balaban J connectivity index is 2.09. The van der Waals surface area contributed by atoms with Crippen LogP contribution >= 0.6 is 0 Å². The van der Waals surface area contributed by atoms with Gasteiger partial charge in [0.05, 0.1) is 6.04 Å². The van der Waals surface area contributed by atoms with Crippen LogP contribution in [0.5, 0.6) is 0 Å². The third-order valence-electron chi connectivity index (χ3n) is 3.28. The van der Waals surface area contributed by atoms with E-state index in [9.17, 15) is 13.5 Å². The van der Waals surface area contributed by atoms with E-state index in [0.717, 1.165) is 18.5 Å². The molecule has 1 aliphatic heterocycles. The van der Waals surface area contributed by atoms with Crippen molar-refractivity contribution in [2.75, 3.05) is 6.54 Å². The van der Waals surface area contributed by atoms with Gasteiger partial charge < -0.3 is 5.11 Å². The lowest BCUT2D eigenvalue weighted by atomic mass is 10.2. The Bertz CT molecular complexity index is 488. The van der Waals surface area contributed by atoms with Crippen molar-refractivity contribution in [2.45, 2.75) is 30.9 Å². The minimum Gasteiger partial charge on any atom is -0.374 e. The topological polar surface area (TPSA) is 77.8 Å². The molecule has 1 saturated heterocycles. The van der Waals surface area contributed by atoms with Gasteiger partial charge in [-0.25, -0.2) is 0 Å². The van der Waals surface area contributed by atoms with Crippen LogP contribution < -0.4 is 0 Å². The van der Waals surface area contributed by atoms with Crippen molar-refractivity contribution >= 4 is 10.1 Å². The van der Waals surface area contributed by atoms with Crippen molar-refractivity contribution < 1.29 is 18.1 Å². The summed E-state index contributed by atoms with van der Waals surface area (Å²) >= 11 is 0. The standard InChI is InChI=1S/C12H17NO4S/c14-12(18(15,16)17)11-7-4-8-13(11)9-10-5-2-1-3-6-10/h1-3,5-6,11-12,14H,4,7-9H2,(H,15,16,17)/t11-,12?/m0/s1. The van der Waals surface area contributed by atoms with Crippen molar-refractivity contribution in [2.24, 2.45) is 0 Å². The first-order valence-corrected chi connectivity index (χ1v) is 7.41. The summed E-state index contributed by atoms with van der Waals surface area (Å²) in [5.41, 5.74) is -0.657. The average molecular weight is 271 g/mol. The molecule has 6 heteroatoms. The van der Waals surface area contributed by atoms with E-state index >= 15 is 0 Å². The molecule has 0 radical (unpaired) electrons. The average Bonchev–Trinajstić information content (AvgIpc) is 2.76. The maximum atomic E-state index is 11.0. The van der Waals surface area contributed by atoms with Crippen LogP contribution in [0.1, 0.15) is 18.4 Å². The van der Waals surface area contributed by atoms with Crippen molar-refractivity contribution in [1.82, 2.24) is 4.90 Å². The molecule has 0 saturated carbocycles. The van der Waals surface area contributed by atoms with Crippen LogP contribution in [0.3, 0.4) is 0 Å². The molecule has 2 atom stereocenters. The van der Waals surface area contributed by atoms with Crippen molar-refractivity contribution in [3.05, 3.63) is 35.9 Å². The molecule has 1 aromatic rings. The summed E-state index contributed by atoms with van der Waals surface area (Å²) in [6, 6.07) is 9.13. The van der Waals surface area contributed by atoms with Crippen molar-refractivity contribution in [3.63, 3.8) is 0 Å². The van der Waals surface area contributed by atoms with Gasteiger partial charge in [0.2, 0.25) is 0 Å². The third kappa shape index (κ3) is 3.08. The van der Waals surface area contributed by atoms with Gasteiger partial charge in [-0.05, 0) is 24.9 Å². The van der Waals surface area contributed by atoms with Crippen LogP contribution in [0.15, 0.2) is 30.3 Å². The molecule has 1 aliphatic rings. The number of aliphatic hydroxyl groups is 1. The van der Waals surface area contributed by atoms with E-state index in [1.165, 1.54) is 0 Å². The Labute approximate surface area is 107 Å². The highest BCUT2D eigenvalue weighted by Gasteiger charge is 2.37. The zero-order valence-electron chi connectivity index (χ0n) is 9.94. The fourth-order valence-electron chi connectivity index (χ4n) is 2.39. The number of nitrogens with zero attached hydrogens (tertiary/aromatic N) is 1. The van der Waals surface area contributed by atoms with Crippen LogP contribution in [0.4, 0.5) is 0 Å². The summed E-state index contributed by atoms with van der Waals surface area (Å²) in [6.07, 6.45) is 1.40. The molecular formula is C12H17NO4S. The largest absolute Gasteiger partial charge is 0.374 e. The van der Waals surface area contributed by atoms with Gasteiger partial charge in [0, 0.05) is 6.54 Å². The summed E-state index contributed by atoms with van der Waals surface area (Å²) in [4.78, 5) is 1.90. The summed E-state index contributed by atoms with van der Waals surface area (Å²) < 4.78 is 30.9. The molecule has 1 aromatic carbocycles. The van der Waals surface area contributed by atoms with E-state index in [1.54, 1.807) is 0 Å².